The van der Waals surface area contributed by atoms with E-state index in [9.17, 15) is 5.11 Å². The standard InChI is InChI=1S/C16H26N2O2/c1-12(17)16-14(8-6-9-15(16)20-2)18-10-5-3-4-7-13(18)11-19/h6,8-9,12-13,19H,3-5,7,10-11,17H2,1-2H3/t12-,13?/m1/s1. The largest absolute Gasteiger partial charge is 0.496 e. The van der Waals surface area contributed by atoms with E-state index in [1.54, 1.807) is 7.11 Å². The lowest BCUT2D eigenvalue weighted by molar-refractivity contribution is 0.255. The van der Waals surface area contributed by atoms with E-state index >= 15 is 0 Å². The van der Waals surface area contributed by atoms with Crippen LogP contribution >= 0.6 is 0 Å². The van der Waals surface area contributed by atoms with Gasteiger partial charge in [-0.1, -0.05) is 18.9 Å². The van der Waals surface area contributed by atoms with Gasteiger partial charge in [0.15, 0.2) is 0 Å². The number of aliphatic hydroxyl groups excluding tert-OH is 1. The van der Waals surface area contributed by atoms with Crippen LogP contribution in [0.2, 0.25) is 0 Å². The molecule has 112 valence electrons. The highest BCUT2D eigenvalue weighted by molar-refractivity contribution is 5.61. The second kappa shape index (κ2) is 6.95. The molecule has 1 aromatic rings. The van der Waals surface area contributed by atoms with Gasteiger partial charge in [-0.15, -0.1) is 0 Å². The third-order valence-electron chi connectivity index (χ3n) is 4.12. The van der Waals surface area contributed by atoms with Crippen LogP contribution in [-0.2, 0) is 0 Å². The van der Waals surface area contributed by atoms with Crippen molar-refractivity contribution in [2.45, 2.75) is 44.7 Å². The lowest BCUT2D eigenvalue weighted by Gasteiger charge is -2.33. The Morgan fingerprint density at radius 2 is 2.20 bits per heavy atom. The van der Waals surface area contributed by atoms with Gasteiger partial charge in [-0.05, 0) is 31.9 Å². The molecular weight excluding hydrogens is 252 g/mol. The maximum absolute atomic E-state index is 9.70. The second-order valence-corrected chi connectivity index (χ2v) is 5.56. The Balaban J connectivity index is 2.43. The molecule has 1 saturated heterocycles. The lowest BCUT2D eigenvalue weighted by Crippen LogP contribution is -2.38. The minimum Gasteiger partial charge on any atom is -0.496 e. The van der Waals surface area contributed by atoms with Crippen molar-refractivity contribution in [2.24, 2.45) is 5.73 Å². The number of benzene rings is 1. The molecule has 3 N–H and O–H groups in total. The Morgan fingerprint density at radius 3 is 2.85 bits per heavy atom. The van der Waals surface area contributed by atoms with Crippen molar-refractivity contribution < 1.29 is 9.84 Å². The molecule has 1 heterocycles. The van der Waals surface area contributed by atoms with Crippen molar-refractivity contribution >= 4 is 5.69 Å². The number of anilines is 1. The quantitative estimate of drug-likeness (QED) is 0.888. The average molecular weight is 278 g/mol. The van der Waals surface area contributed by atoms with Crippen molar-refractivity contribution in [3.05, 3.63) is 23.8 Å². The SMILES string of the molecule is COc1cccc(N2CCCCCC2CO)c1[C@@H](C)N. The molecule has 20 heavy (non-hydrogen) atoms. The average Bonchev–Trinajstić information content (AvgIpc) is 2.71. The normalized spacial score (nSPS) is 21.4. The van der Waals surface area contributed by atoms with Gasteiger partial charge < -0.3 is 20.5 Å². The minimum absolute atomic E-state index is 0.0938. The van der Waals surface area contributed by atoms with E-state index in [0.717, 1.165) is 36.4 Å². The number of ether oxygens (including phenoxy) is 1. The first-order valence-electron chi connectivity index (χ1n) is 7.49. The van der Waals surface area contributed by atoms with Crippen LogP contribution in [0.5, 0.6) is 5.75 Å². The number of hydrogen-bond acceptors (Lipinski definition) is 4. The summed E-state index contributed by atoms with van der Waals surface area (Å²) in [6, 6.07) is 6.13. The predicted molar refractivity (Wildman–Crippen MR) is 82.3 cm³/mol. The molecular formula is C16H26N2O2. The van der Waals surface area contributed by atoms with Crippen LogP contribution in [0.25, 0.3) is 0 Å². The highest BCUT2D eigenvalue weighted by Crippen LogP contribution is 2.36. The number of hydrogen-bond donors (Lipinski definition) is 2. The zero-order valence-electron chi connectivity index (χ0n) is 12.5. The molecule has 0 aliphatic carbocycles. The lowest BCUT2D eigenvalue weighted by atomic mass is 10.0. The van der Waals surface area contributed by atoms with Gasteiger partial charge in [0.2, 0.25) is 0 Å². The topological polar surface area (TPSA) is 58.7 Å². The fourth-order valence-corrected chi connectivity index (χ4v) is 3.10. The van der Waals surface area contributed by atoms with E-state index in [4.69, 9.17) is 10.5 Å². The highest BCUT2D eigenvalue weighted by Gasteiger charge is 2.25. The first-order valence-corrected chi connectivity index (χ1v) is 7.49. The Bertz CT molecular complexity index is 434. The Hall–Kier alpha value is -1.26. The fraction of sp³-hybridized carbons (Fsp3) is 0.625. The fourth-order valence-electron chi connectivity index (χ4n) is 3.10. The van der Waals surface area contributed by atoms with Crippen LogP contribution in [0.15, 0.2) is 18.2 Å². The summed E-state index contributed by atoms with van der Waals surface area (Å²) >= 11 is 0. The molecule has 4 nitrogen and oxygen atoms in total. The molecule has 0 spiro atoms. The monoisotopic (exact) mass is 278 g/mol. The van der Waals surface area contributed by atoms with Crippen LogP contribution < -0.4 is 15.4 Å². The number of aliphatic hydroxyl groups is 1. The summed E-state index contributed by atoms with van der Waals surface area (Å²) in [5, 5.41) is 9.70. The Kier molecular flexibility index (Phi) is 5.26. The molecule has 0 amide bonds. The summed E-state index contributed by atoms with van der Waals surface area (Å²) in [5.74, 6) is 0.832. The second-order valence-electron chi connectivity index (χ2n) is 5.56. The third kappa shape index (κ3) is 3.07. The van der Waals surface area contributed by atoms with Crippen molar-refractivity contribution in [1.29, 1.82) is 0 Å². The van der Waals surface area contributed by atoms with E-state index in [1.165, 1.54) is 12.8 Å². The van der Waals surface area contributed by atoms with Gasteiger partial charge in [-0.2, -0.15) is 0 Å². The molecule has 0 aromatic heterocycles. The molecule has 1 aliphatic heterocycles. The Morgan fingerprint density at radius 1 is 1.40 bits per heavy atom. The van der Waals surface area contributed by atoms with Gasteiger partial charge in [-0.25, -0.2) is 0 Å². The summed E-state index contributed by atoms with van der Waals surface area (Å²) < 4.78 is 5.47. The van der Waals surface area contributed by atoms with E-state index < -0.39 is 0 Å². The molecule has 2 atom stereocenters. The highest BCUT2D eigenvalue weighted by atomic mass is 16.5. The first-order chi connectivity index (χ1) is 9.69. The molecule has 0 saturated carbocycles. The van der Waals surface area contributed by atoms with Crippen molar-refractivity contribution in [1.82, 2.24) is 0 Å². The Labute approximate surface area is 121 Å². The summed E-state index contributed by atoms with van der Waals surface area (Å²) in [6.45, 7) is 3.14. The van der Waals surface area contributed by atoms with Crippen LogP contribution in [0, 0.1) is 0 Å². The van der Waals surface area contributed by atoms with Crippen LogP contribution in [0.3, 0.4) is 0 Å². The summed E-state index contributed by atoms with van der Waals surface area (Å²) in [5.41, 5.74) is 8.30. The van der Waals surface area contributed by atoms with Crippen LogP contribution in [-0.4, -0.2) is 31.4 Å². The molecule has 2 rings (SSSR count). The minimum atomic E-state index is -0.0938. The van der Waals surface area contributed by atoms with Gasteiger partial charge in [-0.3, -0.25) is 0 Å². The summed E-state index contributed by atoms with van der Waals surface area (Å²) in [7, 11) is 1.68. The maximum atomic E-state index is 9.70. The van der Waals surface area contributed by atoms with E-state index in [1.807, 2.05) is 19.1 Å². The van der Waals surface area contributed by atoms with Crippen LogP contribution in [0.1, 0.15) is 44.2 Å². The number of methoxy groups -OCH3 is 1. The molecule has 1 fully saturated rings. The molecule has 0 radical (unpaired) electrons. The van der Waals surface area contributed by atoms with Gasteiger partial charge in [0.25, 0.3) is 0 Å². The third-order valence-corrected chi connectivity index (χ3v) is 4.12. The summed E-state index contributed by atoms with van der Waals surface area (Å²) in [6.07, 6.45) is 4.60. The summed E-state index contributed by atoms with van der Waals surface area (Å²) in [4.78, 5) is 2.31. The predicted octanol–water partition coefficient (Wildman–Crippen LogP) is 2.46. The zero-order chi connectivity index (χ0) is 14.5. The van der Waals surface area contributed by atoms with Crippen LogP contribution in [0.4, 0.5) is 5.69 Å². The zero-order valence-corrected chi connectivity index (χ0v) is 12.5. The van der Waals surface area contributed by atoms with Gasteiger partial charge in [0.05, 0.1) is 19.8 Å². The van der Waals surface area contributed by atoms with Gasteiger partial charge in [0.1, 0.15) is 5.75 Å². The number of rotatable bonds is 4. The van der Waals surface area contributed by atoms with Crippen molar-refractivity contribution in [3.63, 3.8) is 0 Å². The van der Waals surface area contributed by atoms with E-state index in [0.29, 0.717) is 0 Å². The molecule has 1 aromatic carbocycles. The molecule has 1 aliphatic rings. The molecule has 4 heteroatoms. The molecule has 0 bridgehead atoms. The van der Waals surface area contributed by atoms with E-state index in [-0.39, 0.29) is 18.7 Å². The van der Waals surface area contributed by atoms with Gasteiger partial charge in [0, 0.05) is 23.8 Å². The van der Waals surface area contributed by atoms with Crippen molar-refractivity contribution in [3.8, 4) is 5.75 Å². The maximum Gasteiger partial charge on any atom is 0.125 e. The molecule has 1 unspecified atom stereocenters. The van der Waals surface area contributed by atoms with Gasteiger partial charge >= 0.3 is 0 Å². The first kappa shape index (κ1) is 15.1. The van der Waals surface area contributed by atoms with E-state index in [2.05, 4.69) is 11.0 Å². The number of nitrogens with zero attached hydrogens (tertiary/aromatic N) is 1. The van der Waals surface area contributed by atoms with Crippen molar-refractivity contribution in [2.75, 3.05) is 25.2 Å². The smallest absolute Gasteiger partial charge is 0.125 e. The number of nitrogens with two attached hydrogens (primary N) is 1.